The number of halogens is 1. The molecule has 1 saturated carbocycles. The number of hydrogen-bond donors (Lipinski definition) is 0. The van der Waals surface area contributed by atoms with Crippen molar-refractivity contribution in [3.05, 3.63) is 30.1 Å². The molecule has 1 aromatic rings. The Balaban J connectivity index is 1.66. The molecule has 1 aromatic carbocycles. The van der Waals surface area contributed by atoms with E-state index in [-0.39, 0.29) is 11.0 Å². The Morgan fingerprint density at radius 1 is 1.30 bits per heavy atom. The zero-order valence-electron chi connectivity index (χ0n) is 11.2. The Morgan fingerprint density at radius 3 is 2.80 bits per heavy atom. The Hall–Kier alpha value is -0.980. The third kappa shape index (κ3) is 3.02. The first-order valence-electron chi connectivity index (χ1n) is 6.93. The molecular formula is C14H18FNO3S. The molecule has 6 heteroatoms. The molecule has 1 heterocycles. The van der Waals surface area contributed by atoms with E-state index < -0.39 is 15.8 Å². The van der Waals surface area contributed by atoms with E-state index in [4.69, 9.17) is 4.74 Å². The van der Waals surface area contributed by atoms with E-state index in [2.05, 4.69) is 0 Å². The van der Waals surface area contributed by atoms with Gasteiger partial charge in [-0.1, -0.05) is 6.07 Å². The van der Waals surface area contributed by atoms with Gasteiger partial charge in [0.15, 0.2) is 0 Å². The highest BCUT2D eigenvalue weighted by Gasteiger charge is 2.34. The van der Waals surface area contributed by atoms with E-state index >= 15 is 0 Å². The lowest BCUT2D eigenvalue weighted by atomic mass is 10.3. The normalized spacial score (nSPS) is 24.1. The number of sulfonamides is 1. The molecule has 0 spiro atoms. The molecule has 0 N–H and O–H groups in total. The lowest BCUT2D eigenvalue weighted by Crippen LogP contribution is -2.30. The van der Waals surface area contributed by atoms with Gasteiger partial charge in [0.2, 0.25) is 10.0 Å². The third-order valence-corrected chi connectivity index (χ3v) is 5.67. The summed E-state index contributed by atoms with van der Waals surface area (Å²) in [6, 6.07) is 5.15. The standard InChI is InChI=1S/C14H18FNO3S/c15-12-2-1-3-14(8-12)20(17,18)16-7-6-13(9-16)19-10-11-4-5-11/h1-3,8,11,13H,4-7,9-10H2. The SMILES string of the molecule is O=S(=O)(c1cccc(F)c1)N1CCC(OCC2CC2)C1. The van der Waals surface area contributed by atoms with Crippen molar-refractivity contribution in [3.8, 4) is 0 Å². The maximum Gasteiger partial charge on any atom is 0.243 e. The number of nitrogens with zero attached hydrogens (tertiary/aromatic N) is 1. The van der Waals surface area contributed by atoms with Gasteiger partial charge in [-0.05, 0) is 43.4 Å². The van der Waals surface area contributed by atoms with Crippen LogP contribution >= 0.6 is 0 Å². The van der Waals surface area contributed by atoms with Gasteiger partial charge in [0.05, 0.1) is 11.0 Å². The van der Waals surface area contributed by atoms with Crippen molar-refractivity contribution < 1.29 is 17.5 Å². The summed E-state index contributed by atoms with van der Waals surface area (Å²) in [5.41, 5.74) is 0. The quantitative estimate of drug-likeness (QED) is 0.835. The highest BCUT2D eigenvalue weighted by molar-refractivity contribution is 7.89. The largest absolute Gasteiger partial charge is 0.377 e. The van der Waals surface area contributed by atoms with Crippen molar-refractivity contribution in [2.45, 2.75) is 30.3 Å². The van der Waals surface area contributed by atoms with Crippen LogP contribution in [-0.2, 0) is 14.8 Å². The highest BCUT2D eigenvalue weighted by atomic mass is 32.2. The van der Waals surface area contributed by atoms with E-state index in [0.29, 0.717) is 25.4 Å². The molecule has 2 aliphatic rings. The van der Waals surface area contributed by atoms with Crippen molar-refractivity contribution >= 4 is 10.0 Å². The average molecular weight is 299 g/mol. The van der Waals surface area contributed by atoms with E-state index in [0.717, 1.165) is 12.7 Å². The van der Waals surface area contributed by atoms with Gasteiger partial charge < -0.3 is 4.74 Å². The first-order valence-corrected chi connectivity index (χ1v) is 8.37. The van der Waals surface area contributed by atoms with Crippen LogP contribution in [0.15, 0.2) is 29.2 Å². The second kappa shape index (κ2) is 5.42. The van der Waals surface area contributed by atoms with Crippen molar-refractivity contribution in [3.63, 3.8) is 0 Å². The summed E-state index contributed by atoms with van der Waals surface area (Å²) in [6.45, 7) is 1.54. The van der Waals surface area contributed by atoms with Crippen LogP contribution in [0.25, 0.3) is 0 Å². The minimum absolute atomic E-state index is 0.0142. The molecule has 0 amide bonds. The highest BCUT2D eigenvalue weighted by Crippen LogP contribution is 2.30. The molecular weight excluding hydrogens is 281 g/mol. The van der Waals surface area contributed by atoms with Gasteiger partial charge in [0.1, 0.15) is 5.82 Å². The van der Waals surface area contributed by atoms with Gasteiger partial charge in [-0.25, -0.2) is 12.8 Å². The summed E-state index contributed by atoms with van der Waals surface area (Å²) < 4.78 is 45.1. The predicted molar refractivity (Wildman–Crippen MR) is 72.2 cm³/mol. The summed E-state index contributed by atoms with van der Waals surface area (Å²) in [5, 5.41) is 0. The minimum atomic E-state index is -3.60. The summed E-state index contributed by atoms with van der Waals surface area (Å²) >= 11 is 0. The third-order valence-electron chi connectivity index (χ3n) is 3.81. The summed E-state index contributed by atoms with van der Waals surface area (Å²) in [4.78, 5) is 0.0142. The van der Waals surface area contributed by atoms with Crippen LogP contribution in [0, 0.1) is 11.7 Å². The Bertz CT molecular complexity index is 586. The Morgan fingerprint density at radius 2 is 2.10 bits per heavy atom. The maximum atomic E-state index is 13.2. The molecule has 3 rings (SSSR count). The predicted octanol–water partition coefficient (Wildman–Crippen LogP) is 2.02. The summed E-state index contributed by atoms with van der Waals surface area (Å²) in [7, 11) is -3.60. The van der Waals surface area contributed by atoms with Crippen LogP contribution < -0.4 is 0 Å². The fraction of sp³-hybridized carbons (Fsp3) is 0.571. The molecule has 0 aromatic heterocycles. The first kappa shape index (κ1) is 14.0. The smallest absolute Gasteiger partial charge is 0.243 e. The van der Waals surface area contributed by atoms with E-state index in [1.165, 1.54) is 35.3 Å². The topological polar surface area (TPSA) is 46.6 Å². The van der Waals surface area contributed by atoms with E-state index in [9.17, 15) is 12.8 Å². The van der Waals surface area contributed by atoms with Gasteiger partial charge in [-0.2, -0.15) is 4.31 Å². The number of rotatable bonds is 5. The zero-order chi connectivity index (χ0) is 14.2. The number of benzene rings is 1. The molecule has 110 valence electrons. The molecule has 1 aliphatic heterocycles. The van der Waals surface area contributed by atoms with Crippen molar-refractivity contribution in [2.24, 2.45) is 5.92 Å². The monoisotopic (exact) mass is 299 g/mol. The second-order valence-electron chi connectivity index (χ2n) is 5.51. The Kier molecular flexibility index (Phi) is 3.79. The fourth-order valence-corrected chi connectivity index (χ4v) is 3.90. The fourth-order valence-electron chi connectivity index (χ4n) is 2.39. The van der Waals surface area contributed by atoms with E-state index in [1.54, 1.807) is 0 Å². The lowest BCUT2D eigenvalue weighted by molar-refractivity contribution is 0.0561. The first-order chi connectivity index (χ1) is 9.55. The average Bonchev–Trinajstić information content (AvgIpc) is 3.12. The molecule has 1 aliphatic carbocycles. The van der Waals surface area contributed by atoms with Gasteiger partial charge >= 0.3 is 0 Å². The maximum absolute atomic E-state index is 13.2. The van der Waals surface area contributed by atoms with Crippen LogP contribution in [0.2, 0.25) is 0 Å². The van der Waals surface area contributed by atoms with Crippen LogP contribution in [0.3, 0.4) is 0 Å². The lowest BCUT2D eigenvalue weighted by Gasteiger charge is -2.17. The molecule has 2 fully saturated rings. The van der Waals surface area contributed by atoms with Gasteiger partial charge in [-0.3, -0.25) is 0 Å². The zero-order valence-corrected chi connectivity index (χ0v) is 12.0. The number of ether oxygens (including phenoxy) is 1. The molecule has 1 saturated heterocycles. The minimum Gasteiger partial charge on any atom is -0.377 e. The van der Waals surface area contributed by atoms with Gasteiger partial charge in [0, 0.05) is 19.7 Å². The van der Waals surface area contributed by atoms with Crippen LogP contribution in [-0.4, -0.2) is 38.5 Å². The molecule has 1 atom stereocenters. The number of hydrogen-bond acceptors (Lipinski definition) is 3. The van der Waals surface area contributed by atoms with Crippen LogP contribution in [0.1, 0.15) is 19.3 Å². The summed E-state index contributed by atoms with van der Waals surface area (Å²) in [6.07, 6.45) is 3.12. The Labute approximate surface area is 118 Å². The molecule has 0 bridgehead atoms. The van der Waals surface area contributed by atoms with Gasteiger partial charge in [-0.15, -0.1) is 0 Å². The molecule has 0 radical (unpaired) electrons. The van der Waals surface area contributed by atoms with Crippen molar-refractivity contribution in [1.29, 1.82) is 0 Å². The molecule has 20 heavy (non-hydrogen) atoms. The van der Waals surface area contributed by atoms with Crippen molar-refractivity contribution in [2.75, 3.05) is 19.7 Å². The van der Waals surface area contributed by atoms with Gasteiger partial charge in [0.25, 0.3) is 0 Å². The van der Waals surface area contributed by atoms with Crippen LogP contribution in [0.5, 0.6) is 0 Å². The molecule has 1 unspecified atom stereocenters. The summed E-state index contributed by atoms with van der Waals surface area (Å²) in [5.74, 6) is 0.135. The van der Waals surface area contributed by atoms with Crippen molar-refractivity contribution in [1.82, 2.24) is 4.31 Å². The van der Waals surface area contributed by atoms with E-state index in [1.807, 2.05) is 0 Å². The second-order valence-corrected chi connectivity index (χ2v) is 7.45. The molecule has 4 nitrogen and oxygen atoms in total. The van der Waals surface area contributed by atoms with Crippen LogP contribution in [0.4, 0.5) is 4.39 Å².